The van der Waals surface area contributed by atoms with Crippen LogP contribution in [0.4, 0.5) is 0 Å². The van der Waals surface area contributed by atoms with Gasteiger partial charge in [0.05, 0.1) is 24.7 Å². The van der Waals surface area contributed by atoms with Gasteiger partial charge in [0.25, 0.3) is 0 Å². The Labute approximate surface area is 122 Å². The number of nitrogens with one attached hydrogen (secondary N) is 1. The number of rotatable bonds is 2. The molecule has 0 saturated carbocycles. The van der Waals surface area contributed by atoms with Gasteiger partial charge in [0.15, 0.2) is 5.82 Å². The predicted octanol–water partition coefficient (Wildman–Crippen LogP) is 1.38. The lowest BCUT2D eigenvalue weighted by molar-refractivity contribution is 0.191. The van der Waals surface area contributed by atoms with Crippen LogP contribution in [0.2, 0.25) is 0 Å². The van der Waals surface area contributed by atoms with Crippen molar-refractivity contribution in [1.82, 2.24) is 15.5 Å². The van der Waals surface area contributed by atoms with Crippen molar-refractivity contribution < 1.29 is 14.4 Å². The first-order chi connectivity index (χ1) is 10.3. The molecule has 2 aromatic rings. The summed E-state index contributed by atoms with van der Waals surface area (Å²) in [6, 6.07) is 7.93. The molecular weight excluding hydrogens is 270 g/mol. The molecule has 0 spiro atoms. The van der Waals surface area contributed by atoms with Gasteiger partial charge in [0.1, 0.15) is 5.75 Å². The van der Waals surface area contributed by atoms with Crippen molar-refractivity contribution in [3.05, 3.63) is 41.5 Å². The molecule has 1 unspecified atom stereocenters. The lowest BCUT2D eigenvalue weighted by atomic mass is 9.92. The molecule has 2 aliphatic rings. The van der Waals surface area contributed by atoms with Gasteiger partial charge in [0, 0.05) is 12.1 Å². The van der Waals surface area contributed by atoms with Crippen molar-refractivity contribution in [2.24, 2.45) is 0 Å². The lowest BCUT2D eigenvalue weighted by Crippen LogP contribution is -2.17. The minimum absolute atomic E-state index is 0.0451. The Balaban J connectivity index is 1.62. The Morgan fingerprint density at radius 2 is 2.19 bits per heavy atom. The Morgan fingerprint density at radius 1 is 1.29 bits per heavy atom. The van der Waals surface area contributed by atoms with E-state index < -0.39 is 0 Å². The number of hydrogen-bond acceptors (Lipinski definition) is 6. The van der Waals surface area contributed by atoms with Crippen LogP contribution in [-0.4, -0.2) is 34.5 Å². The van der Waals surface area contributed by atoms with E-state index in [1.807, 2.05) is 24.3 Å². The van der Waals surface area contributed by atoms with E-state index >= 15 is 0 Å². The van der Waals surface area contributed by atoms with Crippen LogP contribution in [0.15, 0.2) is 28.8 Å². The van der Waals surface area contributed by atoms with Gasteiger partial charge in [0.2, 0.25) is 5.89 Å². The van der Waals surface area contributed by atoms with Crippen LogP contribution < -0.4 is 10.1 Å². The van der Waals surface area contributed by atoms with E-state index in [0.29, 0.717) is 31.3 Å². The fraction of sp³-hybridized carbons (Fsp3) is 0.467. The summed E-state index contributed by atoms with van der Waals surface area (Å²) >= 11 is 0. The normalized spacial score (nSPS) is 28.1. The SMILES string of the molecule is O[C@@H]1CN[C@@H](c2nc(C3CCOc4ccccc43)no2)C1. The molecule has 21 heavy (non-hydrogen) atoms. The third-order valence-electron chi connectivity index (χ3n) is 4.13. The lowest BCUT2D eigenvalue weighted by Gasteiger charge is -2.23. The van der Waals surface area contributed by atoms with Crippen LogP contribution in [0.5, 0.6) is 5.75 Å². The van der Waals surface area contributed by atoms with Gasteiger partial charge in [-0.25, -0.2) is 0 Å². The Kier molecular flexibility index (Phi) is 3.12. The standard InChI is InChI=1S/C15H17N3O3/c19-9-7-12(16-8-9)15-17-14(18-21-15)11-5-6-20-13-4-2-1-3-10(11)13/h1-4,9,11-12,16,19H,5-8H2/t9-,11?,12+/m0/s1. The number of fused-ring (bicyclic) bond motifs is 1. The van der Waals surface area contributed by atoms with Crippen molar-refractivity contribution >= 4 is 0 Å². The fourth-order valence-electron chi connectivity index (χ4n) is 3.05. The quantitative estimate of drug-likeness (QED) is 0.868. The number of aliphatic hydroxyl groups excluding tert-OH is 1. The molecule has 6 heteroatoms. The van der Waals surface area contributed by atoms with E-state index in [1.165, 1.54) is 0 Å². The first-order valence-electron chi connectivity index (χ1n) is 7.28. The fourth-order valence-corrected chi connectivity index (χ4v) is 3.05. The smallest absolute Gasteiger partial charge is 0.243 e. The van der Waals surface area contributed by atoms with Gasteiger partial charge < -0.3 is 19.7 Å². The molecule has 2 aliphatic heterocycles. The van der Waals surface area contributed by atoms with E-state index in [-0.39, 0.29) is 18.1 Å². The van der Waals surface area contributed by atoms with Crippen molar-refractivity contribution in [2.45, 2.75) is 30.9 Å². The molecule has 0 radical (unpaired) electrons. The maximum Gasteiger partial charge on any atom is 0.243 e. The van der Waals surface area contributed by atoms with Crippen molar-refractivity contribution in [2.75, 3.05) is 13.2 Å². The monoisotopic (exact) mass is 287 g/mol. The van der Waals surface area contributed by atoms with Crippen LogP contribution in [0.3, 0.4) is 0 Å². The molecule has 0 bridgehead atoms. The topological polar surface area (TPSA) is 80.4 Å². The van der Waals surface area contributed by atoms with Crippen LogP contribution in [0.25, 0.3) is 0 Å². The second-order valence-electron chi connectivity index (χ2n) is 5.57. The summed E-state index contributed by atoms with van der Waals surface area (Å²) in [5, 5.41) is 16.9. The minimum Gasteiger partial charge on any atom is -0.493 e. The molecule has 110 valence electrons. The van der Waals surface area contributed by atoms with Gasteiger partial charge in [-0.2, -0.15) is 4.98 Å². The van der Waals surface area contributed by atoms with Gasteiger partial charge in [-0.1, -0.05) is 23.4 Å². The highest BCUT2D eigenvalue weighted by Crippen LogP contribution is 2.37. The second kappa shape index (κ2) is 5.13. The van der Waals surface area contributed by atoms with Crippen molar-refractivity contribution in [3.63, 3.8) is 0 Å². The second-order valence-corrected chi connectivity index (χ2v) is 5.57. The zero-order valence-electron chi connectivity index (χ0n) is 11.5. The summed E-state index contributed by atoms with van der Waals surface area (Å²) in [6.45, 7) is 1.23. The maximum atomic E-state index is 9.58. The number of nitrogens with zero attached hydrogens (tertiary/aromatic N) is 2. The van der Waals surface area contributed by atoms with Gasteiger partial charge in [-0.05, 0) is 18.9 Å². The molecule has 3 atom stereocenters. The third kappa shape index (κ3) is 2.30. The van der Waals surface area contributed by atoms with E-state index in [4.69, 9.17) is 9.26 Å². The minimum atomic E-state index is -0.339. The van der Waals surface area contributed by atoms with E-state index in [1.54, 1.807) is 0 Å². The highest BCUT2D eigenvalue weighted by atomic mass is 16.5. The van der Waals surface area contributed by atoms with Crippen LogP contribution in [-0.2, 0) is 0 Å². The summed E-state index contributed by atoms with van der Waals surface area (Å²) in [7, 11) is 0. The van der Waals surface area contributed by atoms with Crippen molar-refractivity contribution in [3.8, 4) is 5.75 Å². The first-order valence-corrected chi connectivity index (χ1v) is 7.28. The van der Waals surface area contributed by atoms with Gasteiger partial charge in [-0.3, -0.25) is 0 Å². The summed E-state index contributed by atoms with van der Waals surface area (Å²) in [4.78, 5) is 4.54. The van der Waals surface area contributed by atoms with E-state index in [9.17, 15) is 5.11 Å². The zero-order valence-corrected chi connectivity index (χ0v) is 11.5. The maximum absolute atomic E-state index is 9.58. The first kappa shape index (κ1) is 12.8. The molecule has 2 N–H and O–H groups in total. The van der Waals surface area contributed by atoms with Gasteiger partial charge in [-0.15, -0.1) is 0 Å². The van der Waals surface area contributed by atoms with Crippen LogP contribution in [0.1, 0.15) is 42.1 Å². The Hall–Kier alpha value is -1.92. The highest BCUT2D eigenvalue weighted by molar-refractivity contribution is 5.40. The molecule has 1 aromatic heterocycles. The Morgan fingerprint density at radius 3 is 3.05 bits per heavy atom. The summed E-state index contributed by atoms with van der Waals surface area (Å²) < 4.78 is 11.1. The molecule has 0 aliphatic carbocycles. The van der Waals surface area contributed by atoms with E-state index in [2.05, 4.69) is 15.5 Å². The zero-order chi connectivity index (χ0) is 14.2. The average molecular weight is 287 g/mol. The number of ether oxygens (including phenoxy) is 1. The van der Waals surface area contributed by atoms with Gasteiger partial charge >= 0.3 is 0 Å². The number of aliphatic hydroxyl groups is 1. The molecule has 0 amide bonds. The molecule has 3 heterocycles. The molecule has 4 rings (SSSR count). The van der Waals surface area contributed by atoms with E-state index in [0.717, 1.165) is 17.7 Å². The highest BCUT2D eigenvalue weighted by Gasteiger charge is 2.31. The van der Waals surface area contributed by atoms with Crippen LogP contribution >= 0.6 is 0 Å². The number of benzene rings is 1. The van der Waals surface area contributed by atoms with Crippen molar-refractivity contribution in [1.29, 1.82) is 0 Å². The molecule has 1 fully saturated rings. The molecule has 1 saturated heterocycles. The third-order valence-corrected chi connectivity index (χ3v) is 4.13. The number of hydrogen-bond donors (Lipinski definition) is 2. The number of aromatic nitrogens is 2. The molecular formula is C15H17N3O3. The number of para-hydroxylation sites is 1. The predicted molar refractivity (Wildman–Crippen MR) is 74.1 cm³/mol. The summed E-state index contributed by atoms with van der Waals surface area (Å²) in [6.07, 6.45) is 1.12. The van der Waals surface area contributed by atoms with Crippen LogP contribution in [0, 0.1) is 0 Å². The average Bonchev–Trinajstić information content (AvgIpc) is 3.15. The molecule has 6 nitrogen and oxygen atoms in total. The summed E-state index contributed by atoms with van der Waals surface area (Å²) in [5.74, 6) is 2.27. The summed E-state index contributed by atoms with van der Waals surface area (Å²) in [5.41, 5.74) is 1.11. The Bertz CT molecular complexity index is 643. The largest absolute Gasteiger partial charge is 0.493 e. The number of β-amino-alcohol motifs (C(OH)–C–C–N with tert-alkyl or cyclic N) is 1. The molecule has 1 aromatic carbocycles.